The van der Waals surface area contributed by atoms with Crippen molar-refractivity contribution in [1.29, 1.82) is 0 Å². The van der Waals surface area contributed by atoms with Gasteiger partial charge in [0.15, 0.2) is 0 Å². The van der Waals surface area contributed by atoms with Crippen molar-refractivity contribution in [2.24, 2.45) is 0 Å². The second-order valence-electron chi connectivity index (χ2n) is 3.99. The van der Waals surface area contributed by atoms with Crippen LogP contribution >= 0.6 is 22.9 Å². The summed E-state index contributed by atoms with van der Waals surface area (Å²) >= 11 is 7.45. The number of hydrogen-bond acceptors (Lipinski definition) is 4. The monoisotopic (exact) mass is 296 g/mol. The van der Waals surface area contributed by atoms with Gasteiger partial charge in [-0.25, -0.2) is 0 Å². The van der Waals surface area contributed by atoms with Crippen molar-refractivity contribution in [2.45, 2.75) is 6.10 Å². The zero-order valence-electron chi connectivity index (χ0n) is 9.97. The molecule has 0 saturated carbocycles. The number of nitrogens with two attached hydrogens (primary N) is 1. The molecule has 0 aliphatic heterocycles. The summed E-state index contributed by atoms with van der Waals surface area (Å²) in [5.41, 5.74) is 7.07. The van der Waals surface area contributed by atoms with Crippen LogP contribution in [0, 0.1) is 0 Å². The number of carbonyl (C=O) groups is 1. The maximum atomic E-state index is 11.9. The molecule has 0 radical (unpaired) electrons. The summed E-state index contributed by atoms with van der Waals surface area (Å²) in [6, 6.07) is 6.69. The van der Waals surface area contributed by atoms with E-state index < -0.39 is 6.10 Å². The van der Waals surface area contributed by atoms with E-state index in [9.17, 15) is 9.90 Å². The lowest BCUT2D eigenvalue weighted by molar-refractivity contribution is 0.0916. The Kier molecular flexibility index (Phi) is 4.42. The Morgan fingerprint density at radius 3 is 2.95 bits per heavy atom. The highest BCUT2D eigenvalue weighted by Crippen LogP contribution is 2.23. The highest BCUT2D eigenvalue weighted by Gasteiger charge is 2.14. The molecule has 1 aromatic heterocycles. The molecule has 1 heterocycles. The number of hydrogen-bond donors (Lipinski definition) is 3. The predicted molar refractivity (Wildman–Crippen MR) is 77.5 cm³/mol. The van der Waals surface area contributed by atoms with E-state index in [1.54, 1.807) is 18.2 Å². The summed E-state index contributed by atoms with van der Waals surface area (Å²) in [6.45, 7) is 0.126. The Labute approximate surface area is 119 Å². The number of rotatable bonds is 4. The van der Waals surface area contributed by atoms with E-state index in [1.165, 1.54) is 11.3 Å². The predicted octanol–water partition coefficient (Wildman–Crippen LogP) is 2.45. The molecule has 19 heavy (non-hydrogen) atoms. The second-order valence-corrected chi connectivity index (χ2v) is 5.15. The third-order valence-corrected chi connectivity index (χ3v) is 3.78. The third kappa shape index (κ3) is 3.26. The van der Waals surface area contributed by atoms with Gasteiger partial charge in [-0.2, -0.15) is 11.3 Å². The number of aliphatic hydroxyl groups is 1. The maximum absolute atomic E-state index is 11.9. The molecule has 0 spiro atoms. The molecule has 1 amide bonds. The summed E-state index contributed by atoms with van der Waals surface area (Å²) in [6.07, 6.45) is -0.727. The largest absolute Gasteiger partial charge is 0.398 e. The van der Waals surface area contributed by atoms with Gasteiger partial charge in [0.2, 0.25) is 0 Å². The quantitative estimate of drug-likeness (QED) is 0.759. The van der Waals surface area contributed by atoms with E-state index in [2.05, 4.69) is 5.32 Å². The first-order valence-corrected chi connectivity index (χ1v) is 6.94. The van der Waals surface area contributed by atoms with Crippen LogP contribution in [0.15, 0.2) is 35.0 Å². The lowest BCUT2D eigenvalue weighted by atomic mass is 10.1. The van der Waals surface area contributed by atoms with Crippen molar-refractivity contribution in [1.82, 2.24) is 5.32 Å². The van der Waals surface area contributed by atoms with Gasteiger partial charge in [-0.15, -0.1) is 0 Å². The number of amides is 1. The van der Waals surface area contributed by atoms with Gasteiger partial charge in [-0.1, -0.05) is 17.7 Å². The van der Waals surface area contributed by atoms with Gasteiger partial charge in [0.05, 0.1) is 22.4 Å². The molecule has 0 saturated heterocycles. The summed E-state index contributed by atoms with van der Waals surface area (Å²) in [5.74, 6) is -0.355. The van der Waals surface area contributed by atoms with Crippen LogP contribution in [0.4, 0.5) is 5.69 Å². The van der Waals surface area contributed by atoms with Gasteiger partial charge >= 0.3 is 0 Å². The summed E-state index contributed by atoms with van der Waals surface area (Å²) < 4.78 is 0. The van der Waals surface area contributed by atoms with Gasteiger partial charge in [0.1, 0.15) is 0 Å². The van der Waals surface area contributed by atoms with Gasteiger partial charge in [-0.05, 0) is 34.5 Å². The smallest absolute Gasteiger partial charge is 0.252 e. The topological polar surface area (TPSA) is 75.4 Å². The molecule has 1 atom stereocenters. The van der Waals surface area contributed by atoms with E-state index in [-0.39, 0.29) is 17.5 Å². The molecule has 0 fully saturated rings. The minimum Gasteiger partial charge on any atom is -0.398 e. The molecule has 1 unspecified atom stereocenters. The molecule has 2 aromatic rings. The number of thiophene rings is 1. The number of halogens is 1. The molecule has 2 rings (SSSR count). The Balaban J connectivity index is 2.00. The van der Waals surface area contributed by atoms with Crippen molar-refractivity contribution in [3.63, 3.8) is 0 Å². The fourth-order valence-electron chi connectivity index (χ4n) is 1.59. The van der Waals surface area contributed by atoms with Crippen LogP contribution < -0.4 is 11.1 Å². The number of nitrogens with one attached hydrogen (secondary N) is 1. The fourth-order valence-corrected chi connectivity index (χ4v) is 2.51. The SMILES string of the molecule is Nc1cccc(C(=O)NCC(O)c2ccsc2)c1Cl. The van der Waals surface area contributed by atoms with Gasteiger partial charge in [0.25, 0.3) is 5.91 Å². The molecule has 0 bridgehead atoms. The third-order valence-electron chi connectivity index (χ3n) is 2.66. The molecule has 6 heteroatoms. The van der Waals surface area contributed by atoms with Crippen LogP contribution in [0.25, 0.3) is 0 Å². The minimum atomic E-state index is -0.727. The maximum Gasteiger partial charge on any atom is 0.252 e. The average Bonchev–Trinajstić information content (AvgIpc) is 2.93. The van der Waals surface area contributed by atoms with Crippen molar-refractivity contribution >= 4 is 34.5 Å². The van der Waals surface area contributed by atoms with Crippen LogP contribution in [0.5, 0.6) is 0 Å². The normalized spacial score (nSPS) is 12.1. The molecule has 1 aromatic carbocycles. The molecule has 4 N–H and O–H groups in total. The van der Waals surface area contributed by atoms with Crippen LogP contribution in [-0.2, 0) is 0 Å². The highest BCUT2D eigenvalue weighted by atomic mass is 35.5. The van der Waals surface area contributed by atoms with Crippen LogP contribution in [-0.4, -0.2) is 17.6 Å². The molecule has 4 nitrogen and oxygen atoms in total. The van der Waals surface area contributed by atoms with Crippen LogP contribution in [0.2, 0.25) is 5.02 Å². The van der Waals surface area contributed by atoms with Crippen molar-refractivity contribution in [3.8, 4) is 0 Å². The Hall–Kier alpha value is -1.56. The first kappa shape index (κ1) is 13.9. The van der Waals surface area contributed by atoms with Gasteiger partial charge in [-0.3, -0.25) is 4.79 Å². The highest BCUT2D eigenvalue weighted by molar-refractivity contribution is 7.07. The van der Waals surface area contributed by atoms with Crippen molar-refractivity contribution < 1.29 is 9.90 Å². The lowest BCUT2D eigenvalue weighted by Gasteiger charge is -2.11. The number of aliphatic hydroxyl groups excluding tert-OH is 1. The first-order chi connectivity index (χ1) is 9.09. The number of nitrogen functional groups attached to an aromatic ring is 1. The Bertz CT molecular complexity index is 572. The zero-order valence-corrected chi connectivity index (χ0v) is 11.5. The Morgan fingerprint density at radius 1 is 1.47 bits per heavy atom. The van der Waals surface area contributed by atoms with E-state index in [4.69, 9.17) is 17.3 Å². The Morgan fingerprint density at radius 2 is 2.26 bits per heavy atom. The molecule has 100 valence electrons. The van der Waals surface area contributed by atoms with E-state index in [1.807, 2.05) is 16.8 Å². The zero-order chi connectivity index (χ0) is 13.8. The van der Waals surface area contributed by atoms with Crippen molar-refractivity contribution in [3.05, 3.63) is 51.2 Å². The van der Waals surface area contributed by atoms with E-state index >= 15 is 0 Å². The minimum absolute atomic E-state index is 0.126. The van der Waals surface area contributed by atoms with E-state index in [0.717, 1.165) is 5.56 Å². The van der Waals surface area contributed by atoms with E-state index in [0.29, 0.717) is 11.3 Å². The summed E-state index contributed by atoms with van der Waals surface area (Å²) in [7, 11) is 0. The second kappa shape index (κ2) is 6.06. The van der Waals surface area contributed by atoms with Crippen LogP contribution in [0.3, 0.4) is 0 Å². The fraction of sp³-hybridized carbons (Fsp3) is 0.154. The first-order valence-electron chi connectivity index (χ1n) is 5.62. The van der Waals surface area contributed by atoms with Gasteiger partial charge in [0, 0.05) is 6.54 Å². The lowest BCUT2D eigenvalue weighted by Crippen LogP contribution is -2.28. The molecular weight excluding hydrogens is 284 g/mol. The summed E-state index contributed by atoms with van der Waals surface area (Å²) in [5, 5.41) is 16.4. The van der Waals surface area contributed by atoms with Crippen LogP contribution in [0.1, 0.15) is 22.0 Å². The molecule has 0 aliphatic carbocycles. The summed E-state index contributed by atoms with van der Waals surface area (Å²) in [4.78, 5) is 11.9. The van der Waals surface area contributed by atoms with Crippen molar-refractivity contribution in [2.75, 3.05) is 12.3 Å². The van der Waals surface area contributed by atoms with Gasteiger partial charge < -0.3 is 16.2 Å². The molecular formula is C13H13ClN2O2S. The molecule has 0 aliphatic rings. The average molecular weight is 297 g/mol. The standard InChI is InChI=1S/C13H13ClN2O2S/c14-12-9(2-1-3-10(12)15)13(18)16-6-11(17)8-4-5-19-7-8/h1-5,7,11,17H,6,15H2,(H,16,18). The number of benzene rings is 1. The number of anilines is 1. The number of carbonyl (C=O) groups excluding carboxylic acids is 1.